The van der Waals surface area contributed by atoms with E-state index >= 15 is 9.59 Å². The first-order valence-electron chi connectivity index (χ1n) is 19.6. The third-order valence-electron chi connectivity index (χ3n) is 13.2. The molecule has 4 aromatic carbocycles. The fourth-order valence-electron chi connectivity index (χ4n) is 10.8. The Balaban J connectivity index is 1.15. The summed E-state index contributed by atoms with van der Waals surface area (Å²) in [5.41, 5.74) is 2.16. The maximum Gasteiger partial charge on any atom is 0.246 e. The summed E-state index contributed by atoms with van der Waals surface area (Å²) in [6.45, 7) is 2.35. The standard InChI is InChI=1S/C46H44ClN3O7/c1-56-37-22-28(23-38(57-2)41(37)51)40-33-16-17-34-39(44(54)49(42(34)52)31-18-20-48(21-19-31)26-27-10-5-3-6-11-27)35(33)25-36-43(53)50(32-15-9-14-30(47)24-32)45(55)46(36,40)29-12-7-4-8-13-29/h3-16,22-24,31,34-36,39-40,51H,17-21,25-26H2,1-2H3/t34-,35+,36-,39-,40-,46+/m0/s1. The number of allylic oxidation sites excluding steroid dienone is 2. The van der Waals surface area contributed by atoms with Gasteiger partial charge in [-0.2, -0.15) is 0 Å². The number of phenolic OH excluding ortho intramolecular Hbond substituents is 1. The highest BCUT2D eigenvalue weighted by Crippen LogP contribution is 2.65. The predicted molar refractivity (Wildman–Crippen MR) is 214 cm³/mol. The maximum absolute atomic E-state index is 15.6. The number of hydrogen-bond donors (Lipinski definition) is 1. The minimum absolute atomic E-state index is 0.140. The van der Waals surface area contributed by atoms with E-state index in [9.17, 15) is 14.7 Å². The van der Waals surface area contributed by atoms with Crippen molar-refractivity contribution in [3.63, 3.8) is 0 Å². The number of fused-ring (bicyclic) bond motifs is 4. The van der Waals surface area contributed by atoms with E-state index in [4.69, 9.17) is 21.1 Å². The fraction of sp³-hybridized carbons (Fsp3) is 0.348. The number of ether oxygens (including phenoxy) is 2. The van der Waals surface area contributed by atoms with E-state index in [0.29, 0.717) is 41.1 Å². The van der Waals surface area contributed by atoms with Gasteiger partial charge in [-0.05, 0) is 78.6 Å². The van der Waals surface area contributed by atoms with Gasteiger partial charge in [-0.1, -0.05) is 90.0 Å². The molecule has 3 saturated heterocycles. The Morgan fingerprint density at radius 3 is 2.11 bits per heavy atom. The van der Waals surface area contributed by atoms with Crippen LogP contribution in [0, 0.1) is 23.7 Å². The van der Waals surface area contributed by atoms with Crippen LogP contribution < -0.4 is 14.4 Å². The number of imide groups is 2. The van der Waals surface area contributed by atoms with E-state index in [1.807, 2.05) is 54.6 Å². The van der Waals surface area contributed by atoms with Gasteiger partial charge in [-0.3, -0.25) is 29.0 Å². The van der Waals surface area contributed by atoms with Gasteiger partial charge in [0.15, 0.2) is 11.5 Å². The Bertz CT molecular complexity index is 2270. The number of piperidine rings is 1. The van der Waals surface area contributed by atoms with Crippen LogP contribution in [0.3, 0.4) is 0 Å². The highest BCUT2D eigenvalue weighted by atomic mass is 35.5. The largest absolute Gasteiger partial charge is 0.502 e. The molecule has 11 heteroatoms. The second-order valence-electron chi connectivity index (χ2n) is 15.9. The van der Waals surface area contributed by atoms with Crippen LogP contribution in [-0.4, -0.2) is 71.9 Å². The summed E-state index contributed by atoms with van der Waals surface area (Å²) in [7, 11) is 2.88. The molecule has 0 radical (unpaired) electrons. The molecule has 0 aromatic heterocycles. The zero-order valence-corrected chi connectivity index (χ0v) is 32.6. The van der Waals surface area contributed by atoms with Crippen molar-refractivity contribution in [1.29, 1.82) is 0 Å². The fourth-order valence-corrected chi connectivity index (χ4v) is 10.9. The Kier molecular flexibility index (Phi) is 9.44. The van der Waals surface area contributed by atoms with Crippen LogP contribution >= 0.6 is 11.6 Å². The van der Waals surface area contributed by atoms with Gasteiger partial charge in [0.1, 0.15) is 0 Å². The SMILES string of the molecule is COc1cc([C@H]2C3=CC[C@@H]4C(=O)N(C5CCN(Cc6ccccc6)CC5)C(=O)[C@@H]4[C@@H]3C[C@H]3C(=O)N(c4cccc(Cl)c4)C(=O)[C@@]23c2ccccc2)cc(OC)c1O. The second-order valence-corrected chi connectivity index (χ2v) is 16.3. The molecule has 5 aliphatic rings. The van der Waals surface area contributed by atoms with Gasteiger partial charge in [0.05, 0.1) is 43.1 Å². The number of nitrogens with zero attached hydrogens (tertiary/aromatic N) is 3. The molecular formula is C46H44ClN3O7. The molecule has 2 aliphatic carbocycles. The summed E-state index contributed by atoms with van der Waals surface area (Å²) in [5, 5.41) is 11.4. The minimum Gasteiger partial charge on any atom is -0.502 e. The van der Waals surface area contributed by atoms with E-state index < -0.39 is 46.8 Å². The number of amides is 4. The monoisotopic (exact) mass is 785 g/mol. The Hall–Kier alpha value is -5.45. The number of rotatable bonds is 8. The molecular weight excluding hydrogens is 742 g/mol. The zero-order valence-electron chi connectivity index (χ0n) is 31.8. The molecule has 1 N–H and O–H groups in total. The van der Waals surface area contributed by atoms with Crippen LogP contribution in [0.2, 0.25) is 5.02 Å². The molecule has 4 fully saturated rings. The number of carbonyl (C=O) groups is 4. The van der Waals surface area contributed by atoms with E-state index in [-0.39, 0.29) is 41.5 Å². The topological polar surface area (TPSA) is 117 Å². The summed E-state index contributed by atoms with van der Waals surface area (Å²) in [6, 6.07) is 29.5. The number of anilines is 1. The summed E-state index contributed by atoms with van der Waals surface area (Å²) in [5.74, 6) is -4.57. The molecule has 3 aliphatic heterocycles. The predicted octanol–water partition coefficient (Wildman–Crippen LogP) is 6.89. The Morgan fingerprint density at radius 1 is 0.789 bits per heavy atom. The van der Waals surface area contributed by atoms with Crippen molar-refractivity contribution >= 4 is 40.9 Å². The summed E-state index contributed by atoms with van der Waals surface area (Å²) in [4.78, 5) is 65.1. The molecule has 0 spiro atoms. The highest BCUT2D eigenvalue weighted by Gasteiger charge is 2.70. The lowest BCUT2D eigenvalue weighted by atomic mass is 9.49. The van der Waals surface area contributed by atoms with Crippen LogP contribution in [0.15, 0.2) is 109 Å². The van der Waals surface area contributed by atoms with Crippen LogP contribution in [0.1, 0.15) is 48.3 Å². The highest BCUT2D eigenvalue weighted by molar-refractivity contribution is 6.32. The van der Waals surface area contributed by atoms with Gasteiger partial charge in [0, 0.05) is 36.6 Å². The maximum atomic E-state index is 15.6. The van der Waals surface area contributed by atoms with Crippen molar-refractivity contribution in [2.45, 2.75) is 49.6 Å². The molecule has 4 amide bonds. The Morgan fingerprint density at radius 2 is 1.46 bits per heavy atom. The number of halogens is 1. The van der Waals surface area contributed by atoms with E-state index in [1.165, 1.54) is 24.7 Å². The summed E-state index contributed by atoms with van der Waals surface area (Å²) < 4.78 is 11.3. The normalized spacial score (nSPS) is 27.6. The third-order valence-corrected chi connectivity index (χ3v) is 13.4. The summed E-state index contributed by atoms with van der Waals surface area (Å²) in [6.07, 6.45) is 3.93. The molecule has 1 saturated carbocycles. The molecule has 0 bridgehead atoms. The number of carbonyl (C=O) groups excluding carboxylic acids is 4. The van der Waals surface area contributed by atoms with Gasteiger partial charge >= 0.3 is 0 Å². The molecule has 9 rings (SSSR count). The van der Waals surface area contributed by atoms with Crippen molar-refractivity contribution < 1.29 is 33.8 Å². The molecule has 10 nitrogen and oxygen atoms in total. The average molecular weight is 786 g/mol. The lowest BCUT2D eigenvalue weighted by Gasteiger charge is -2.50. The van der Waals surface area contributed by atoms with Gasteiger partial charge in [0.25, 0.3) is 0 Å². The lowest BCUT2D eigenvalue weighted by Crippen LogP contribution is -2.53. The van der Waals surface area contributed by atoms with Crippen LogP contribution in [0.25, 0.3) is 0 Å². The van der Waals surface area contributed by atoms with Crippen molar-refractivity contribution in [3.05, 3.63) is 130 Å². The average Bonchev–Trinajstić information content (AvgIpc) is 3.62. The molecule has 4 aromatic rings. The number of hydrogen-bond acceptors (Lipinski definition) is 8. The first-order chi connectivity index (χ1) is 27.7. The van der Waals surface area contributed by atoms with Gasteiger partial charge in [-0.15, -0.1) is 0 Å². The van der Waals surface area contributed by atoms with Crippen LogP contribution in [-0.2, 0) is 31.1 Å². The second kappa shape index (κ2) is 14.5. The number of likely N-dealkylation sites (tertiary alicyclic amines) is 2. The Labute approximate surface area is 336 Å². The van der Waals surface area contributed by atoms with Gasteiger partial charge in [0.2, 0.25) is 29.4 Å². The number of methoxy groups -OCH3 is 2. The van der Waals surface area contributed by atoms with Gasteiger partial charge in [-0.25, -0.2) is 4.90 Å². The molecule has 3 heterocycles. The number of phenols is 1. The first kappa shape index (κ1) is 37.1. The molecule has 0 unspecified atom stereocenters. The molecule has 292 valence electrons. The van der Waals surface area contributed by atoms with Crippen molar-refractivity contribution in [3.8, 4) is 17.2 Å². The number of benzene rings is 4. The van der Waals surface area contributed by atoms with Crippen molar-refractivity contribution in [2.24, 2.45) is 23.7 Å². The summed E-state index contributed by atoms with van der Waals surface area (Å²) >= 11 is 6.45. The van der Waals surface area contributed by atoms with E-state index in [1.54, 1.807) is 41.3 Å². The molecule has 57 heavy (non-hydrogen) atoms. The quantitative estimate of drug-likeness (QED) is 0.152. The van der Waals surface area contributed by atoms with E-state index in [0.717, 1.165) is 25.2 Å². The number of aromatic hydroxyl groups is 1. The first-order valence-corrected chi connectivity index (χ1v) is 20.0. The van der Waals surface area contributed by atoms with Gasteiger partial charge < -0.3 is 14.6 Å². The van der Waals surface area contributed by atoms with Crippen molar-refractivity contribution in [1.82, 2.24) is 9.80 Å². The zero-order chi connectivity index (χ0) is 39.6. The smallest absolute Gasteiger partial charge is 0.246 e. The van der Waals surface area contributed by atoms with Crippen LogP contribution in [0.4, 0.5) is 5.69 Å². The minimum atomic E-state index is -1.47. The third kappa shape index (κ3) is 5.78. The van der Waals surface area contributed by atoms with Crippen LogP contribution in [0.5, 0.6) is 17.2 Å². The van der Waals surface area contributed by atoms with Crippen molar-refractivity contribution in [2.75, 3.05) is 32.2 Å². The van der Waals surface area contributed by atoms with E-state index in [2.05, 4.69) is 17.0 Å². The lowest BCUT2D eigenvalue weighted by molar-refractivity contribution is -0.144. The molecule has 6 atom stereocenters.